The molecule has 5 heteroatoms. The van der Waals surface area contributed by atoms with Crippen molar-refractivity contribution >= 4 is 17.4 Å². The summed E-state index contributed by atoms with van der Waals surface area (Å²) in [4.78, 5) is 25.4. The molecule has 2 aromatic rings. The molecule has 0 radical (unpaired) electrons. The molecule has 1 aliphatic heterocycles. The van der Waals surface area contributed by atoms with Gasteiger partial charge in [-0.3, -0.25) is 9.59 Å². The van der Waals surface area contributed by atoms with Crippen LogP contribution in [0.15, 0.2) is 36.4 Å². The highest BCUT2D eigenvalue weighted by Crippen LogP contribution is 2.31. The van der Waals surface area contributed by atoms with Crippen LogP contribution in [0.25, 0.3) is 0 Å². The van der Waals surface area contributed by atoms with Gasteiger partial charge in [0.2, 0.25) is 5.91 Å². The topological polar surface area (TPSA) is 46.6 Å². The molecule has 0 bridgehead atoms. The van der Waals surface area contributed by atoms with Crippen molar-refractivity contribution in [3.05, 3.63) is 58.9 Å². The zero-order chi connectivity index (χ0) is 19.4. The number of rotatable bonds is 6. The van der Waals surface area contributed by atoms with Gasteiger partial charge in [-0.1, -0.05) is 6.07 Å². The number of carbonyl (C=O) groups excluding carboxylic acids is 2. The largest absolute Gasteiger partial charge is 0.494 e. The molecule has 27 heavy (non-hydrogen) atoms. The van der Waals surface area contributed by atoms with Crippen molar-refractivity contribution in [3.63, 3.8) is 0 Å². The third-order valence-electron chi connectivity index (χ3n) is 4.75. The molecule has 0 unspecified atom stereocenters. The van der Waals surface area contributed by atoms with Gasteiger partial charge in [-0.05, 0) is 74.6 Å². The predicted octanol–water partition coefficient (Wildman–Crippen LogP) is 4.48. The molecule has 2 aromatic carbocycles. The van der Waals surface area contributed by atoms with Crippen LogP contribution < -0.4 is 9.64 Å². The highest BCUT2D eigenvalue weighted by Gasteiger charge is 2.25. The molecule has 4 nitrogen and oxygen atoms in total. The number of hydrogen-bond donors (Lipinski definition) is 0. The van der Waals surface area contributed by atoms with E-state index < -0.39 is 0 Å². The van der Waals surface area contributed by atoms with Crippen LogP contribution in [0.5, 0.6) is 5.75 Å². The maximum atomic E-state index is 14.4. The minimum absolute atomic E-state index is 0.0105. The van der Waals surface area contributed by atoms with Crippen molar-refractivity contribution in [1.29, 1.82) is 0 Å². The van der Waals surface area contributed by atoms with Gasteiger partial charge in [0.25, 0.3) is 0 Å². The molecular formula is C22H24FNO3. The van der Waals surface area contributed by atoms with Crippen molar-refractivity contribution in [1.82, 2.24) is 0 Å². The summed E-state index contributed by atoms with van der Waals surface area (Å²) in [5.41, 5.74) is 2.87. The fraction of sp³-hybridized carbons (Fsp3) is 0.364. The van der Waals surface area contributed by atoms with Gasteiger partial charge in [-0.25, -0.2) is 4.39 Å². The number of aryl methyl sites for hydroxylation is 2. The fourth-order valence-electron chi connectivity index (χ4n) is 3.42. The Hall–Kier alpha value is -2.69. The molecule has 1 aliphatic rings. The van der Waals surface area contributed by atoms with Crippen LogP contribution in [-0.2, 0) is 11.2 Å². The lowest BCUT2D eigenvalue weighted by atomic mass is 9.98. The third kappa shape index (κ3) is 4.54. The third-order valence-corrected chi connectivity index (χ3v) is 4.75. The first-order chi connectivity index (χ1) is 13.0. The highest BCUT2D eigenvalue weighted by atomic mass is 19.1. The van der Waals surface area contributed by atoms with Gasteiger partial charge in [0.15, 0.2) is 5.78 Å². The Kier molecular flexibility index (Phi) is 5.89. The van der Waals surface area contributed by atoms with Crippen molar-refractivity contribution in [2.45, 2.75) is 39.5 Å². The molecule has 0 aliphatic carbocycles. The number of anilines is 1. The standard InChI is InChI=1S/C22H24FNO3/c1-15-13-18-5-3-11-24(22(18)20(23)14-15)21(26)6-4-12-27-19-9-7-17(8-10-19)16(2)25/h7-10,13-14H,3-6,11-12H2,1-2H3. The van der Waals surface area contributed by atoms with E-state index in [9.17, 15) is 14.0 Å². The van der Waals surface area contributed by atoms with Gasteiger partial charge in [-0.15, -0.1) is 0 Å². The first-order valence-corrected chi connectivity index (χ1v) is 9.29. The van der Waals surface area contributed by atoms with Crippen LogP contribution in [0.1, 0.15) is 47.7 Å². The monoisotopic (exact) mass is 369 g/mol. The number of nitrogens with zero attached hydrogens (tertiary/aromatic N) is 1. The summed E-state index contributed by atoms with van der Waals surface area (Å²) in [6.45, 7) is 4.33. The zero-order valence-electron chi connectivity index (χ0n) is 15.8. The second-order valence-electron chi connectivity index (χ2n) is 6.94. The molecule has 0 saturated heterocycles. The first kappa shape index (κ1) is 19.1. The maximum absolute atomic E-state index is 14.4. The predicted molar refractivity (Wildman–Crippen MR) is 103 cm³/mol. The van der Waals surface area contributed by atoms with Crippen LogP contribution in [0.3, 0.4) is 0 Å². The average molecular weight is 369 g/mol. The number of amides is 1. The van der Waals surface area contributed by atoms with E-state index in [1.807, 2.05) is 13.0 Å². The van der Waals surface area contributed by atoms with Crippen molar-refractivity contribution < 1.29 is 18.7 Å². The summed E-state index contributed by atoms with van der Waals surface area (Å²) in [5, 5.41) is 0. The number of carbonyl (C=O) groups is 2. The van der Waals surface area contributed by atoms with E-state index >= 15 is 0 Å². The number of benzene rings is 2. The summed E-state index contributed by atoms with van der Waals surface area (Å²) >= 11 is 0. The SMILES string of the molecule is CC(=O)c1ccc(OCCCC(=O)N2CCCc3cc(C)cc(F)c32)cc1. The quantitative estimate of drug-likeness (QED) is 0.557. The summed E-state index contributed by atoms with van der Waals surface area (Å²) in [6, 6.07) is 10.4. The van der Waals surface area contributed by atoms with E-state index in [4.69, 9.17) is 4.74 Å². The Labute approximate surface area is 158 Å². The van der Waals surface area contributed by atoms with Gasteiger partial charge < -0.3 is 9.64 Å². The highest BCUT2D eigenvalue weighted by molar-refractivity contribution is 5.95. The van der Waals surface area contributed by atoms with Gasteiger partial charge in [0.1, 0.15) is 11.6 Å². The molecule has 1 heterocycles. The number of Topliss-reactive ketones (excluding diaryl/α,β-unsaturated/α-hetero) is 1. The summed E-state index contributed by atoms with van der Waals surface area (Å²) in [5.74, 6) is 0.280. The van der Waals surface area contributed by atoms with E-state index in [2.05, 4.69) is 0 Å². The minimum atomic E-state index is -0.320. The lowest BCUT2D eigenvalue weighted by molar-refractivity contribution is -0.119. The zero-order valence-corrected chi connectivity index (χ0v) is 15.8. The van der Waals surface area contributed by atoms with Crippen LogP contribution in [0.4, 0.5) is 10.1 Å². The molecule has 1 amide bonds. The second kappa shape index (κ2) is 8.33. The maximum Gasteiger partial charge on any atom is 0.227 e. The Morgan fingerprint density at radius 2 is 1.93 bits per heavy atom. The summed E-state index contributed by atoms with van der Waals surface area (Å²) < 4.78 is 20.0. The van der Waals surface area contributed by atoms with Crippen molar-refractivity contribution in [3.8, 4) is 5.75 Å². The van der Waals surface area contributed by atoms with E-state index in [0.717, 1.165) is 24.0 Å². The number of hydrogen-bond acceptors (Lipinski definition) is 3. The lowest BCUT2D eigenvalue weighted by Crippen LogP contribution is -2.36. The number of ketones is 1. The van der Waals surface area contributed by atoms with E-state index in [1.165, 1.54) is 13.0 Å². The number of ether oxygens (including phenoxy) is 1. The van der Waals surface area contributed by atoms with E-state index in [1.54, 1.807) is 29.2 Å². The molecular weight excluding hydrogens is 345 g/mol. The Morgan fingerprint density at radius 3 is 2.63 bits per heavy atom. The first-order valence-electron chi connectivity index (χ1n) is 9.29. The van der Waals surface area contributed by atoms with E-state index in [0.29, 0.717) is 43.0 Å². The summed E-state index contributed by atoms with van der Waals surface area (Å²) in [7, 11) is 0. The smallest absolute Gasteiger partial charge is 0.227 e. The van der Waals surface area contributed by atoms with Gasteiger partial charge >= 0.3 is 0 Å². The second-order valence-corrected chi connectivity index (χ2v) is 6.94. The van der Waals surface area contributed by atoms with Crippen LogP contribution >= 0.6 is 0 Å². The average Bonchev–Trinajstić information content (AvgIpc) is 2.64. The van der Waals surface area contributed by atoms with Crippen molar-refractivity contribution in [2.24, 2.45) is 0 Å². The van der Waals surface area contributed by atoms with Crippen LogP contribution in [-0.4, -0.2) is 24.8 Å². The minimum Gasteiger partial charge on any atom is -0.494 e. The van der Waals surface area contributed by atoms with E-state index in [-0.39, 0.29) is 17.5 Å². The number of halogens is 1. The normalized spacial score (nSPS) is 13.2. The summed E-state index contributed by atoms with van der Waals surface area (Å²) in [6.07, 6.45) is 2.50. The Bertz CT molecular complexity index is 845. The van der Waals surface area contributed by atoms with Gasteiger partial charge in [0, 0.05) is 18.5 Å². The molecule has 142 valence electrons. The lowest BCUT2D eigenvalue weighted by Gasteiger charge is -2.30. The molecule has 3 rings (SSSR count). The Balaban J connectivity index is 1.54. The molecule has 0 atom stereocenters. The molecule has 0 spiro atoms. The Morgan fingerprint density at radius 1 is 1.19 bits per heavy atom. The van der Waals surface area contributed by atoms with Gasteiger partial charge in [-0.2, -0.15) is 0 Å². The molecule has 0 saturated carbocycles. The van der Waals surface area contributed by atoms with Crippen LogP contribution in [0.2, 0.25) is 0 Å². The number of fused-ring (bicyclic) bond motifs is 1. The van der Waals surface area contributed by atoms with Crippen LogP contribution in [0, 0.1) is 12.7 Å². The molecule has 0 N–H and O–H groups in total. The molecule has 0 aromatic heterocycles. The fourth-order valence-corrected chi connectivity index (χ4v) is 3.42. The van der Waals surface area contributed by atoms with Gasteiger partial charge in [0.05, 0.1) is 12.3 Å². The van der Waals surface area contributed by atoms with Crippen molar-refractivity contribution in [2.75, 3.05) is 18.1 Å². The molecule has 0 fully saturated rings.